The predicted octanol–water partition coefficient (Wildman–Crippen LogP) is -0.533. The first kappa shape index (κ1) is 20.2. The van der Waals surface area contributed by atoms with Crippen molar-refractivity contribution >= 4 is 27.0 Å². The number of fused-ring (bicyclic) bond motifs is 1. The maximum absolute atomic E-state index is 12.9. The van der Waals surface area contributed by atoms with E-state index in [-0.39, 0.29) is 17.0 Å². The average molecular weight is 423 g/mol. The Morgan fingerprint density at radius 1 is 1.34 bits per heavy atom. The van der Waals surface area contributed by atoms with Crippen molar-refractivity contribution in [2.45, 2.75) is 30.3 Å². The first-order valence-electron chi connectivity index (χ1n) is 9.76. The van der Waals surface area contributed by atoms with Gasteiger partial charge in [-0.3, -0.25) is 10.2 Å². The number of aryl methyl sites for hydroxylation is 2. The molecule has 0 saturated carbocycles. The molecule has 1 aromatic heterocycles. The summed E-state index contributed by atoms with van der Waals surface area (Å²) in [5.41, 5.74) is 7.42. The molecule has 2 saturated heterocycles. The van der Waals surface area contributed by atoms with Crippen LogP contribution in [0.15, 0.2) is 23.1 Å². The number of ether oxygens (including phenoxy) is 1. The van der Waals surface area contributed by atoms with Crippen molar-refractivity contribution < 1.29 is 17.9 Å². The Labute approximate surface area is 169 Å². The normalized spacial score (nSPS) is 20.9. The van der Waals surface area contributed by atoms with Gasteiger partial charge in [0, 0.05) is 39.5 Å². The lowest BCUT2D eigenvalue weighted by Crippen LogP contribution is -2.44. The Balaban J connectivity index is 1.48. The largest absolute Gasteiger partial charge is 0.379 e. The highest BCUT2D eigenvalue weighted by molar-refractivity contribution is 7.89. The van der Waals surface area contributed by atoms with Crippen LogP contribution in [0.4, 0.5) is 0 Å². The summed E-state index contributed by atoms with van der Waals surface area (Å²) in [7, 11) is -1.69. The number of nitrogens with zero attached hydrogens (tertiary/aromatic N) is 3. The van der Waals surface area contributed by atoms with Crippen LogP contribution in [-0.2, 0) is 33.0 Å². The van der Waals surface area contributed by atoms with Gasteiger partial charge in [0.25, 0.3) is 0 Å². The number of carbonyl (C=O) groups excluding carboxylic acids is 1. The maximum atomic E-state index is 12.9. The molecule has 3 heterocycles. The molecule has 1 aromatic carbocycles. The first-order chi connectivity index (χ1) is 13.9. The lowest BCUT2D eigenvalue weighted by molar-refractivity contribution is -0.121. The Kier molecular flexibility index (Phi) is 5.83. The molecule has 2 aliphatic rings. The lowest BCUT2D eigenvalue weighted by Gasteiger charge is -2.26. The number of benzene rings is 1. The van der Waals surface area contributed by atoms with Gasteiger partial charge < -0.3 is 14.6 Å². The number of hydrazine groups is 1. The molecule has 1 unspecified atom stereocenters. The molecule has 29 heavy (non-hydrogen) atoms. The summed E-state index contributed by atoms with van der Waals surface area (Å²) in [6.07, 6.45) is 1.59. The molecule has 3 N–H and O–H groups in total. The van der Waals surface area contributed by atoms with Crippen molar-refractivity contribution in [1.82, 2.24) is 30.0 Å². The predicted molar refractivity (Wildman–Crippen MR) is 106 cm³/mol. The second-order valence-electron chi connectivity index (χ2n) is 7.23. The fraction of sp³-hybridized carbons (Fsp3) is 0.556. The molecule has 4 rings (SSSR count). The molecular weight excluding hydrogens is 396 g/mol. The van der Waals surface area contributed by atoms with Crippen LogP contribution in [0.2, 0.25) is 0 Å². The summed E-state index contributed by atoms with van der Waals surface area (Å²) in [6, 6.07) is 5.00. The topological polar surface area (TPSA) is 118 Å². The minimum absolute atomic E-state index is 0.0455. The number of rotatable bonds is 6. The number of nitrogens with one attached hydrogen (secondary N) is 3. The molecule has 2 fully saturated rings. The summed E-state index contributed by atoms with van der Waals surface area (Å²) in [5, 5.41) is 2.92. The van der Waals surface area contributed by atoms with E-state index in [9.17, 15) is 13.2 Å². The minimum Gasteiger partial charge on any atom is -0.379 e. The van der Waals surface area contributed by atoms with Crippen LogP contribution in [0.25, 0.3) is 11.0 Å². The van der Waals surface area contributed by atoms with E-state index in [2.05, 4.69) is 21.2 Å². The van der Waals surface area contributed by atoms with Crippen LogP contribution in [0, 0.1) is 0 Å². The molecule has 11 heteroatoms. The van der Waals surface area contributed by atoms with Crippen LogP contribution < -0.4 is 16.2 Å². The number of imidazole rings is 1. The molecule has 0 radical (unpaired) electrons. The first-order valence-corrected chi connectivity index (χ1v) is 11.2. The van der Waals surface area contributed by atoms with Crippen LogP contribution >= 0.6 is 0 Å². The van der Waals surface area contributed by atoms with Crippen molar-refractivity contribution in [3.8, 4) is 0 Å². The molecule has 0 bridgehead atoms. The van der Waals surface area contributed by atoms with E-state index in [0.717, 1.165) is 24.3 Å². The number of hydrogen-bond donors (Lipinski definition) is 3. The SMILES string of the molecule is Cn1c(CCC(=O)NC2CCNN2)nc2cc(S(=O)(=O)N3CCOCC3)ccc21. The summed E-state index contributed by atoms with van der Waals surface area (Å²) < 4.78 is 34.3. The van der Waals surface area contributed by atoms with Gasteiger partial charge in [0.1, 0.15) is 5.82 Å². The third kappa shape index (κ3) is 4.28. The number of aromatic nitrogens is 2. The van der Waals surface area contributed by atoms with E-state index in [1.807, 2.05) is 11.6 Å². The van der Waals surface area contributed by atoms with Crippen LogP contribution in [-0.4, -0.2) is 67.2 Å². The lowest BCUT2D eigenvalue weighted by atomic mass is 10.2. The summed E-state index contributed by atoms with van der Waals surface area (Å²) in [5.74, 6) is 0.697. The zero-order chi connectivity index (χ0) is 20.4. The van der Waals surface area contributed by atoms with Gasteiger partial charge in [-0.05, 0) is 24.6 Å². The summed E-state index contributed by atoms with van der Waals surface area (Å²) in [6.45, 7) is 2.35. The monoisotopic (exact) mass is 422 g/mol. The van der Waals surface area contributed by atoms with Gasteiger partial charge in [0.05, 0.1) is 35.3 Å². The summed E-state index contributed by atoms with van der Waals surface area (Å²) in [4.78, 5) is 17.0. The van der Waals surface area contributed by atoms with E-state index in [0.29, 0.717) is 44.7 Å². The van der Waals surface area contributed by atoms with E-state index >= 15 is 0 Å². The Morgan fingerprint density at radius 2 is 2.14 bits per heavy atom. The van der Waals surface area contributed by atoms with Gasteiger partial charge >= 0.3 is 0 Å². The highest BCUT2D eigenvalue weighted by Gasteiger charge is 2.27. The maximum Gasteiger partial charge on any atom is 0.243 e. The van der Waals surface area contributed by atoms with E-state index < -0.39 is 10.0 Å². The number of hydrogen-bond acceptors (Lipinski definition) is 7. The molecule has 0 spiro atoms. The van der Waals surface area contributed by atoms with Crippen molar-refractivity contribution in [2.24, 2.45) is 7.05 Å². The Morgan fingerprint density at radius 3 is 2.86 bits per heavy atom. The van der Waals surface area contributed by atoms with Gasteiger partial charge in [0.15, 0.2) is 0 Å². The number of carbonyl (C=O) groups is 1. The fourth-order valence-electron chi connectivity index (χ4n) is 3.63. The molecule has 158 valence electrons. The average Bonchev–Trinajstić information content (AvgIpc) is 3.34. The van der Waals surface area contributed by atoms with Crippen molar-refractivity contribution in [3.63, 3.8) is 0 Å². The highest BCUT2D eigenvalue weighted by atomic mass is 32.2. The Hall–Kier alpha value is -2.05. The minimum atomic E-state index is -3.57. The smallest absolute Gasteiger partial charge is 0.243 e. The van der Waals surface area contributed by atoms with Crippen LogP contribution in [0.1, 0.15) is 18.7 Å². The van der Waals surface area contributed by atoms with Crippen molar-refractivity contribution in [2.75, 3.05) is 32.8 Å². The zero-order valence-electron chi connectivity index (χ0n) is 16.3. The van der Waals surface area contributed by atoms with Gasteiger partial charge in [-0.1, -0.05) is 0 Å². The van der Waals surface area contributed by atoms with Crippen LogP contribution in [0.5, 0.6) is 0 Å². The molecule has 2 aliphatic heterocycles. The molecule has 0 aliphatic carbocycles. The van der Waals surface area contributed by atoms with E-state index in [1.165, 1.54) is 4.31 Å². The van der Waals surface area contributed by atoms with Gasteiger partial charge in [-0.15, -0.1) is 0 Å². The third-order valence-electron chi connectivity index (χ3n) is 5.30. The second-order valence-corrected chi connectivity index (χ2v) is 9.17. The zero-order valence-corrected chi connectivity index (χ0v) is 17.2. The number of morpholine rings is 1. The fourth-order valence-corrected chi connectivity index (χ4v) is 5.06. The third-order valence-corrected chi connectivity index (χ3v) is 7.19. The van der Waals surface area contributed by atoms with Crippen LogP contribution in [0.3, 0.4) is 0 Å². The molecular formula is C18H26N6O4S. The standard InChI is InChI=1S/C18H26N6O4S/c1-23-15-3-2-13(29(26,27)24-8-10-28-11-9-24)12-14(15)20-17(23)4-5-18(25)21-16-6-7-19-22-16/h2-3,12,16,19,22H,4-11H2,1H3,(H,21,25). The Bertz CT molecular complexity index is 993. The molecule has 2 aromatic rings. The van der Waals surface area contributed by atoms with Gasteiger partial charge in [0.2, 0.25) is 15.9 Å². The van der Waals surface area contributed by atoms with Crippen molar-refractivity contribution in [3.05, 3.63) is 24.0 Å². The second kappa shape index (κ2) is 8.36. The highest BCUT2D eigenvalue weighted by Crippen LogP contribution is 2.23. The van der Waals surface area contributed by atoms with Gasteiger partial charge in [-0.25, -0.2) is 18.8 Å². The number of amides is 1. The van der Waals surface area contributed by atoms with E-state index in [4.69, 9.17) is 4.74 Å². The van der Waals surface area contributed by atoms with Crippen molar-refractivity contribution in [1.29, 1.82) is 0 Å². The quantitative estimate of drug-likeness (QED) is 0.573. The number of sulfonamides is 1. The van der Waals surface area contributed by atoms with E-state index in [1.54, 1.807) is 18.2 Å². The van der Waals surface area contributed by atoms with Gasteiger partial charge in [-0.2, -0.15) is 4.31 Å². The summed E-state index contributed by atoms with van der Waals surface area (Å²) >= 11 is 0. The molecule has 1 amide bonds. The molecule has 1 atom stereocenters. The molecule has 10 nitrogen and oxygen atoms in total.